The molecule has 2 atom stereocenters. The Balaban J connectivity index is 1.94. The van der Waals surface area contributed by atoms with Crippen LogP contribution in [0.15, 0.2) is 18.2 Å². The van der Waals surface area contributed by atoms with Crippen molar-refractivity contribution in [2.75, 3.05) is 17.2 Å². The van der Waals surface area contributed by atoms with Gasteiger partial charge in [-0.3, -0.25) is 4.79 Å². The van der Waals surface area contributed by atoms with Crippen molar-refractivity contribution in [3.8, 4) is 0 Å². The van der Waals surface area contributed by atoms with E-state index in [2.05, 4.69) is 12.2 Å². The fourth-order valence-corrected chi connectivity index (χ4v) is 3.65. The van der Waals surface area contributed by atoms with E-state index in [0.717, 1.165) is 18.6 Å². The van der Waals surface area contributed by atoms with Crippen molar-refractivity contribution in [1.82, 2.24) is 5.32 Å². The van der Waals surface area contributed by atoms with Crippen LogP contribution in [-0.2, 0) is 0 Å². The van der Waals surface area contributed by atoms with E-state index in [9.17, 15) is 4.79 Å². The summed E-state index contributed by atoms with van der Waals surface area (Å²) in [4.78, 5) is 12.2. The van der Waals surface area contributed by atoms with Crippen molar-refractivity contribution in [3.63, 3.8) is 0 Å². The first-order valence-electron chi connectivity index (χ1n) is 6.67. The maximum absolute atomic E-state index is 12.2. The second-order valence-electron chi connectivity index (χ2n) is 4.91. The average Bonchev–Trinajstić information content (AvgIpc) is 2.76. The molecule has 4 nitrogen and oxygen atoms in total. The number of hydrogen-bond acceptors (Lipinski definition) is 4. The molecule has 104 valence electrons. The monoisotopic (exact) mass is 279 g/mol. The largest absolute Gasteiger partial charge is 0.399 e. The Morgan fingerprint density at radius 2 is 2.21 bits per heavy atom. The fraction of sp³-hybridized carbons (Fsp3) is 0.500. The summed E-state index contributed by atoms with van der Waals surface area (Å²) in [5.74, 6) is 1.04. The molecule has 0 saturated heterocycles. The standard InChI is InChI=1S/C14H21N3OS/c1-2-19-11-5-4-10(8-11)17-14(18)12-6-3-9(15)7-13(12)16/h3,6-7,10-11H,2,4-5,8,15-16H2,1H3,(H,17,18). The van der Waals surface area contributed by atoms with Gasteiger partial charge in [-0.05, 0) is 43.2 Å². The van der Waals surface area contributed by atoms with Gasteiger partial charge >= 0.3 is 0 Å². The van der Waals surface area contributed by atoms with E-state index < -0.39 is 0 Å². The highest BCUT2D eigenvalue weighted by molar-refractivity contribution is 7.99. The van der Waals surface area contributed by atoms with Gasteiger partial charge in [-0.25, -0.2) is 0 Å². The van der Waals surface area contributed by atoms with Crippen LogP contribution in [0, 0.1) is 0 Å². The predicted octanol–water partition coefficient (Wildman–Crippen LogP) is 2.25. The summed E-state index contributed by atoms with van der Waals surface area (Å²) in [6.45, 7) is 2.17. The number of carbonyl (C=O) groups excluding carboxylic acids is 1. The van der Waals surface area contributed by atoms with Crippen LogP contribution in [0.2, 0.25) is 0 Å². The van der Waals surface area contributed by atoms with E-state index in [1.165, 1.54) is 6.42 Å². The van der Waals surface area contributed by atoms with Gasteiger partial charge in [0.05, 0.1) is 5.56 Å². The van der Waals surface area contributed by atoms with Crippen LogP contribution >= 0.6 is 11.8 Å². The molecule has 0 aromatic heterocycles. The highest BCUT2D eigenvalue weighted by atomic mass is 32.2. The molecule has 5 N–H and O–H groups in total. The Morgan fingerprint density at radius 1 is 1.42 bits per heavy atom. The van der Waals surface area contributed by atoms with Crippen molar-refractivity contribution in [1.29, 1.82) is 0 Å². The predicted molar refractivity (Wildman–Crippen MR) is 82.3 cm³/mol. The van der Waals surface area contributed by atoms with E-state index in [0.29, 0.717) is 22.2 Å². The van der Waals surface area contributed by atoms with Crippen molar-refractivity contribution < 1.29 is 4.79 Å². The molecule has 0 aliphatic heterocycles. The topological polar surface area (TPSA) is 81.1 Å². The van der Waals surface area contributed by atoms with Crippen molar-refractivity contribution in [2.24, 2.45) is 0 Å². The van der Waals surface area contributed by atoms with Crippen molar-refractivity contribution >= 4 is 29.0 Å². The molecule has 0 radical (unpaired) electrons. The van der Waals surface area contributed by atoms with E-state index in [1.807, 2.05) is 11.8 Å². The van der Waals surface area contributed by atoms with Crippen LogP contribution in [0.25, 0.3) is 0 Å². The fourth-order valence-electron chi connectivity index (χ4n) is 2.51. The number of nitrogens with two attached hydrogens (primary N) is 2. The molecule has 1 aliphatic rings. The minimum atomic E-state index is -0.0929. The smallest absolute Gasteiger partial charge is 0.253 e. The van der Waals surface area contributed by atoms with Crippen molar-refractivity contribution in [3.05, 3.63) is 23.8 Å². The molecule has 1 aromatic carbocycles. The number of carbonyl (C=O) groups is 1. The molecule has 1 fully saturated rings. The molecule has 2 rings (SSSR count). The zero-order valence-corrected chi connectivity index (χ0v) is 12.0. The van der Waals surface area contributed by atoms with E-state index in [-0.39, 0.29) is 11.9 Å². The number of anilines is 2. The SMILES string of the molecule is CCSC1CCC(NC(=O)c2ccc(N)cc2N)C1. The summed E-state index contributed by atoms with van der Waals surface area (Å²) in [6, 6.07) is 5.29. The van der Waals surface area contributed by atoms with E-state index in [1.54, 1.807) is 18.2 Å². The lowest BCUT2D eigenvalue weighted by atomic mass is 10.1. The molecule has 1 aliphatic carbocycles. The van der Waals surface area contributed by atoms with Gasteiger partial charge in [-0.2, -0.15) is 11.8 Å². The lowest BCUT2D eigenvalue weighted by molar-refractivity contribution is 0.0939. The molecular weight excluding hydrogens is 258 g/mol. The average molecular weight is 279 g/mol. The molecule has 1 saturated carbocycles. The van der Waals surface area contributed by atoms with Crippen LogP contribution in [0.5, 0.6) is 0 Å². The number of benzene rings is 1. The normalized spacial score (nSPS) is 22.4. The van der Waals surface area contributed by atoms with E-state index >= 15 is 0 Å². The number of nitrogens with one attached hydrogen (secondary N) is 1. The summed E-state index contributed by atoms with van der Waals surface area (Å²) in [5, 5.41) is 3.75. The molecule has 1 amide bonds. The van der Waals surface area contributed by atoms with Gasteiger partial charge in [0.1, 0.15) is 0 Å². The Morgan fingerprint density at radius 3 is 2.89 bits per heavy atom. The van der Waals surface area contributed by atoms with Crippen molar-refractivity contribution in [2.45, 2.75) is 37.5 Å². The summed E-state index contributed by atoms with van der Waals surface area (Å²) in [7, 11) is 0. The third-order valence-electron chi connectivity index (χ3n) is 3.44. The Kier molecular flexibility index (Phi) is 4.58. The highest BCUT2D eigenvalue weighted by Crippen LogP contribution is 2.30. The highest BCUT2D eigenvalue weighted by Gasteiger charge is 2.26. The molecule has 2 unspecified atom stereocenters. The van der Waals surface area contributed by atoms with Gasteiger partial charge in [0.2, 0.25) is 0 Å². The summed E-state index contributed by atoms with van der Waals surface area (Å²) in [5.41, 5.74) is 13.0. The van der Waals surface area contributed by atoms with Gasteiger partial charge in [-0.15, -0.1) is 0 Å². The van der Waals surface area contributed by atoms with Crippen LogP contribution in [0.4, 0.5) is 11.4 Å². The molecule has 19 heavy (non-hydrogen) atoms. The van der Waals surface area contributed by atoms with Gasteiger partial charge < -0.3 is 16.8 Å². The molecule has 0 spiro atoms. The molecule has 0 heterocycles. The Hall–Kier alpha value is -1.36. The van der Waals surface area contributed by atoms with Crippen LogP contribution in [0.1, 0.15) is 36.5 Å². The lowest BCUT2D eigenvalue weighted by Gasteiger charge is -2.14. The maximum Gasteiger partial charge on any atom is 0.253 e. The maximum atomic E-state index is 12.2. The second-order valence-corrected chi connectivity index (χ2v) is 6.48. The van der Waals surface area contributed by atoms with Crippen LogP contribution < -0.4 is 16.8 Å². The van der Waals surface area contributed by atoms with Gasteiger partial charge in [0, 0.05) is 22.7 Å². The Labute approximate surface area is 118 Å². The first-order valence-corrected chi connectivity index (χ1v) is 7.72. The van der Waals surface area contributed by atoms with Gasteiger partial charge in [-0.1, -0.05) is 6.92 Å². The van der Waals surface area contributed by atoms with Crippen LogP contribution in [-0.4, -0.2) is 23.0 Å². The van der Waals surface area contributed by atoms with Gasteiger partial charge in [0.25, 0.3) is 5.91 Å². The second kappa shape index (κ2) is 6.19. The quantitative estimate of drug-likeness (QED) is 0.738. The first kappa shape index (κ1) is 14.1. The zero-order chi connectivity index (χ0) is 13.8. The number of thioether (sulfide) groups is 1. The first-order chi connectivity index (χ1) is 9.10. The summed E-state index contributed by atoms with van der Waals surface area (Å²) in [6.07, 6.45) is 3.29. The third-order valence-corrected chi connectivity index (χ3v) is 4.68. The van der Waals surface area contributed by atoms with E-state index in [4.69, 9.17) is 11.5 Å². The minimum absolute atomic E-state index is 0.0929. The number of nitrogen functional groups attached to an aromatic ring is 2. The minimum Gasteiger partial charge on any atom is -0.399 e. The molecule has 5 heteroatoms. The lowest BCUT2D eigenvalue weighted by Crippen LogP contribution is -2.33. The number of rotatable bonds is 4. The van der Waals surface area contributed by atoms with Crippen LogP contribution in [0.3, 0.4) is 0 Å². The third kappa shape index (κ3) is 3.56. The number of hydrogen-bond donors (Lipinski definition) is 3. The Bertz CT molecular complexity index is 464. The molecule has 0 bridgehead atoms. The zero-order valence-electron chi connectivity index (χ0n) is 11.2. The molecular formula is C14H21N3OS. The molecule has 1 aromatic rings. The summed E-state index contributed by atoms with van der Waals surface area (Å²) >= 11 is 1.98. The number of amides is 1. The summed E-state index contributed by atoms with van der Waals surface area (Å²) < 4.78 is 0. The van der Waals surface area contributed by atoms with Gasteiger partial charge in [0.15, 0.2) is 0 Å².